The number of nitrogens with zero attached hydrogens (tertiary/aromatic N) is 3. The van der Waals surface area contributed by atoms with Crippen molar-refractivity contribution in [2.45, 2.75) is 38.0 Å². The Kier molecular flexibility index (Phi) is 8.54. The normalized spacial score (nSPS) is 14.8. The molecular formula is C22H31N5O4S. The van der Waals surface area contributed by atoms with E-state index in [1.807, 2.05) is 19.9 Å². The van der Waals surface area contributed by atoms with E-state index in [1.54, 1.807) is 24.3 Å². The Morgan fingerprint density at radius 3 is 2.38 bits per heavy atom. The number of morpholine rings is 1. The first-order chi connectivity index (χ1) is 15.3. The highest BCUT2D eigenvalue weighted by Crippen LogP contribution is 2.17. The maximum absolute atomic E-state index is 12.7. The number of benzene rings is 1. The molecule has 10 heteroatoms. The van der Waals surface area contributed by atoms with Gasteiger partial charge in [0.2, 0.25) is 21.9 Å². The van der Waals surface area contributed by atoms with Crippen molar-refractivity contribution in [2.24, 2.45) is 0 Å². The molecule has 2 heterocycles. The maximum atomic E-state index is 12.7. The number of carbonyl (C=O) groups is 1. The van der Waals surface area contributed by atoms with E-state index < -0.39 is 10.0 Å². The fourth-order valence-electron chi connectivity index (χ4n) is 3.45. The highest BCUT2D eigenvalue weighted by atomic mass is 32.2. The average Bonchev–Trinajstić information content (AvgIpc) is 2.77. The van der Waals surface area contributed by atoms with Gasteiger partial charge in [0.15, 0.2) is 0 Å². The van der Waals surface area contributed by atoms with Crippen LogP contribution in [0.3, 0.4) is 0 Å². The summed E-state index contributed by atoms with van der Waals surface area (Å²) in [5, 5.41) is 6.05. The van der Waals surface area contributed by atoms with Crippen LogP contribution in [0.4, 0.5) is 5.95 Å². The van der Waals surface area contributed by atoms with E-state index in [1.165, 1.54) is 4.31 Å². The lowest BCUT2D eigenvalue weighted by atomic mass is 10.1. The van der Waals surface area contributed by atoms with Gasteiger partial charge < -0.3 is 15.4 Å². The minimum atomic E-state index is -3.48. The van der Waals surface area contributed by atoms with E-state index in [0.29, 0.717) is 64.6 Å². The first kappa shape index (κ1) is 24.1. The molecule has 1 saturated heterocycles. The third kappa shape index (κ3) is 6.98. The highest BCUT2D eigenvalue weighted by Gasteiger charge is 2.26. The minimum absolute atomic E-state index is 0.0142. The SMILES string of the molecule is Cc1cc(C)nc(NCCCC(=O)NCCc2ccc(S(=O)(=O)N3CCOCC3)cc2)n1. The van der Waals surface area contributed by atoms with Crippen molar-refractivity contribution >= 4 is 21.9 Å². The first-order valence-corrected chi connectivity index (χ1v) is 12.3. The molecule has 32 heavy (non-hydrogen) atoms. The molecule has 2 aromatic rings. The van der Waals surface area contributed by atoms with Gasteiger partial charge in [0, 0.05) is 44.0 Å². The van der Waals surface area contributed by atoms with Crippen LogP contribution in [0.15, 0.2) is 35.2 Å². The number of aryl methyl sites for hydroxylation is 2. The lowest BCUT2D eigenvalue weighted by molar-refractivity contribution is -0.121. The molecule has 1 fully saturated rings. The third-order valence-electron chi connectivity index (χ3n) is 5.11. The molecule has 0 atom stereocenters. The highest BCUT2D eigenvalue weighted by molar-refractivity contribution is 7.89. The topological polar surface area (TPSA) is 114 Å². The van der Waals surface area contributed by atoms with E-state index in [2.05, 4.69) is 20.6 Å². The van der Waals surface area contributed by atoms with E-state index in [4.69, 9.17) is 4.74 Å². The van der Waals surface area contributed by atoms with Crippen LogP contribution < -0.4 is 10.6 Å². The Labute approximate surface area is 189 Å². The zero-order valence-corrected chi connectivity index (χ0v) is 19.5. The van der Waals surface area contributed by atoms with Gasteiger partial charge in [0.05, 0.1) is 18.1 Å². The number of amides is 1. The van der Waals surface area contributed by atoms with Crippen LogP contribution in [0.2, 0.25) is 0 Å². The van der Waals surface area contributed by atoms with Crippen LogP contribution >= 0.6 is 0 Å². The summed E-state index contributed by atoms with van der Waals surface area (Å²) in [5.74, 6) is 0.571. The standard InChI is InChI=1S/C22H31N5O4S/c1-17-16-18(2)26-22(25-17)24-10-3-4-21(28)23-11-9-19-5-7-20(8-6-19)32(29,30)27-12-14-31-15-13-27/h5-8,16H,3-4,9-15H2,1-2H3,(H,23,28)(H,24,25,26). The van der Waals surface area contributed by atoms with Crippen LogP contribution in [-0.4, -0.2) is 68.0 Å². The van der Waals surface area contributed by atoms with Gasteiger partial charge in [0.25, 0.3) is 0 Å². The first-order valence-electron chi connectivity index (χ1n) is 10.8. The van der Waals surface area contributed by atoms with Crippen LogP contribution in [0, 0.1) is 13.8 Å². The molecule has 0 spiro atoms. The lowest BCUT2D eigenvalue weighted by Crippen LogP contribution is -2.40. The summed E-state index contributed by atoms with van der Waals surface area (Å²) >= 11 is 0. The molecule has 2 N–H and O–H groups in total. The smallest absolute Gasteiger partial charge is 0.243 e. The number of carbonyl (C=O) groups excluding carboxylic acids is 1. The summed E-state index contributed by atoms with van der Waals surface area (Å²) in [6.07, 6.45) is 1.73. The van der Waals surface area contributed by atoms with Crippen molar-refractivity contribution in [3.63, 3.8) is 0 Å². The molecule has 0 aliphatic carbocycles. The number of rotatable bonds is 10. The van der Waals surface area contributed by atoms with Gasteiger partial charge in [-0.2, -0.15) is 4.31 Å². The van der Waals surface area contributed by atoms with Crippen molar-refractivity contribution in [1.82, 2.24) is 19.6 Å². The van der Waals surface area contributed by atoms with Crippen molar-refractivity contribution in [3.8, 4) is 0 Å². The molecule has 1 amide bonds. The Morgan fingerprint density at radius 2 is 1.72 bits per heavy atom. The number of sulfonamides is 1. The third-order valence-corrected chi connectivity index (χ3v) is 7.03. The number of hydrogen-bond donors (Lipinski definition) is 2. The van der Waals surface area contributed by atoms with Crippen LogP contribution in [0.5, 0.6) is 0 Å². The van der Waals surface area contributed by atoms with Gasteiger partial charge in [-0.15, -0.1) is 0 Å². The second kappa shape index (κ2) is 11.3. The second-order valence-electron chi connectivity index (χ2n) is 7.77. The van der Waals surface area contributed by atoms with Crippen molar-refractivity contribution in [2.75, 3.05) is 44.7 Å². The molecule has 0 radical (unpaired) electrons. The number of ether oxygens (including phenoxy) is 1. The van der Waals surface area contributed by atoms with Crippen molar-refractivity contribution in [1.29, 1.82) is 0 Å². The predicted molar refractivity (Wildman–Crippen MR) is 122 cm³/mol. The number of anilines is 1. The maximum Gasteiger partial charge on any atom is 0.243 e. The van der Waals surface area contributed by atoms with Crippen molar-refractivity contribution < 1.29 is 17.9 Å². The molecule has 1 aliphatic heterocycles. The Balaban J connectivity index is 1.36. The molecule has 1 aliphatic rings. The Bertz CT molecular complexity index is 985. The Morgan fingerprint density at radius 1 is 1.06 bits per heavy atom. The summed E-state index contributed by atoms with van der Waals surface area (Å²) in [7, 11) is -3.48. The quantitative estimate of drug-likeness (QED) is 0.517. The summed E-state index contributed by atoms with van der Waals surface area (Å²) in [4.78, 5) is 21.0. The summed E-state index contributed by atoms with van der Waals surface area (Å²) in [5.41, 5.74) is 2.79. The molecular weight excluding hydrogens is 430 g/mol. The molecule has 1 aromatic carbocycles. The predicted octanol–water partition coefficient (Wildman–Crippen LogP) is 1.67. The summed E-state index contributed by atoms with van der Waals surface area (Å²) in [6.45, 7) is 6.57. The van der Waals surface area contributed by atoms with E-state index in [-0.39, 0.29) is 10.8 Å². The zero-order valence-electron chi connectivity index (χ0n) is 18.6. The zero-order chi connectivity index (χ0) is 23.0. The van der Waals surface area contributed by atoms with Crippen molar-refractivity contribution in [3.05, 3.63) is 47.3 Å². The van der Waals surface area contributed by atoms with Gasteiger partial charge >= 0.3 is 0 Å². The van der Waals surface area contributed by atoms with Gasteiger partial charge in [-0.1, -0.05) is 12.1 Å². The fraction of sp³-hybridized carbons (Fsp3) is 0.500. The van der Waals surface area contributed by atoms with Gasteiger partial charge in [-0.05, 0) is 50.5 Å². The van der Waals surface area contributed by atoms with Crippen LogP contribution in [0.25, 0.3) is 0 Å². The van der Waals surface area contributed by atoms with E-state index in [0.717, 1.165) is 17.0 Å². The molecule has 0 saturated carbocycles. The second-order valence-corrected chi connectivity index (χ2v) is 9.70. The summed E-state index contributed by atoms with van der Waals surface area (Å²) in [6, 6.07) is 8.76. The monoisotopic (exact) mass is 461 g/mol. The van der Waals surface area contributed by atoms with E-state index in [9.17, 15) is 13.2 Å². The number of nitrogens with one attached hydrogen (secondary N) is 2. The average molecular weight is 462 g/mol. The lowest BCUT2D eigenvalue weighted by Gasteiger charge is -2.26. The Hall–Kier alpha value is -2.56. The number of aromatic nitrogens is 2. The largest absolute Gasteiger partial charge is 0.379 e. The molecule has 1 aromatic heterocycles. The summed E-state index contributed by atoms with van der Waals surface area (Å²) < 4.78 is 32.0. The molecule has 9 nitrogen and oxygen atoms in total. The van der Waals surface area contributed by atoms with Gasteiger partial charge in [-0.3, -0.25) is 4.79 Å². The molecule has 174 valence electrons. The minimum Gasteiger partial charge on any atom is -0.379 e. The molecule has 3 rings (SSSR count). The van der Waals surface area contributed by atoms with Gasteiger partial charge in [0.1, 0.15) is 0 Å². The fourth-order valence-corrected chi connectivity index (χ4v) is 4.86. The van der Waals surface area contributed by atoms with Crippen LogP contribution in [0.1, 0.15) is 29.8 Å². The number of hydrogen-bond acceptors (Lipinski definition) is 7. The molecule has 0 unspecified atom stereocenters. The molecule has 0 bridgehead atoms. The van der Waals surface area contributed by atoms with Crippen LogP contribution in [-0.2, 0) is 26.0 Å². The van der Waals surface area contributed by atoms with Gasteiger partial charge in [-0.25, -0.2) is 18.4 Å². The van der Waals surface area contributed by atoms with E-state index >= 15 is 0 Å².